The van der Waals surface area contributed by atoms with E-state index in [-0.39, 0.29) is 12.6 Å². The lowest BCUT2D eigenvalue weighted by molar-refractivity contribution is 0.0943. The number of halogens is 1. The maximum Gasteiger partial charge on any atom is 0.272 e. The van der Waals surface area contributed by atoms with Crippen LogP contribution >= 0.6 is 11.6 Å². The predicted octanol–water partition coefficient (Wildman–Crippen LogP) is 2.72. The summed E-state index contributed by atoms with van der Waals surface area (Å²) in [5, 5.41) is 12.0. The minimum absolute atomic E-state index is 0.204. The lowest BCUT2D eigenvalue weighted by Crippen LogP contribution is -2.24. The van der Waals surface area contributed by atoms with Crippen LogP contribution in [0.15, 0.2) is 48.8 Å². The Morgan fingerprint density at radius 3 is 2.60 bits per heavy atom. The molecule has 0 aliphatic heterocycles. The summed E-state index contributed by atoms with van der Waals surface area (Å²) in [5.74, 6) is 0.425. The molecule has 2 aromatic heterocycles. The molecule has 3 rings (SSSR count). The van der Waals surface area contributed by atoms with Crippen molar-refractivity contribution < 1.29 is 9.53 Å². The molecule has 7 nitrogen and oxygen atoms in total. The lowest BCUT2D eigenvalue weighted by atomic mass is 10.3. The third kappa shape index (κ3) is 4.60. The number of carbonyl (C=O) groups is 1. The van der Waals surface area contributed by atoms with Gasteiger partial charge in [0.25, 0.3) is 5.91 Å². The summed E-state index contributed by atoms with van der Waals surface area (Å²) in [5.41, 5.74) is 1.13. The van der Waals surface area contributed by atoms with Gasteiger partial charge < -0.3 is 10.1 Å². The highest BCUT2D eigenvalue weighted by molar-refractivity contribution is 6.30. The summed E-state index contributed by atoms with van der Waals surface area (Å²) in [6.07, 6.45) is 3.57. The molecule has 0 radical (unpaired) electrons. The van der Waals surface area contributed by atoms with Gasteiger partial charge in [-0.15, -0.1) is 0 Å². The molecule has 25 heavy (non-hydrogen) atoms. The molecule has 0 unspecified atom stereocenters. The molecule has 0 bridgehead atoms. The molecule has 0 saturated carbocycles. The normalized spacial score (nSPS) is 10.6. The Morgan fingerprint density at radius 1 is 1.12 bits per heavy atom. The van der Waals surface area contributed by atoms with Crippen LogP contribution in [0.4, 0.5) is 0 Å². The molecule has 0 fully saturated rings. The Labute approximate surface area is 150 Å². The average Bonchev–Trinajstić information content (AvgIpc) is 3.28. The highest BCUT2D eigenvalue weighted by Gasteiger charge is 2.10. The monoisotopic (exact) mass is 359 g/mol. The Hall–Kier alpha value is -2.80. The largest absolute Gasteiger partial charge is 0.471 e. The first-order valence-electron chi connectivity index (χ1n) is 7.86. The first-order chi connectivity index (χ1) is 12.1. The predicted molar refractivity (Wildman–Crippen MR) is 93.4 cm³/mol. The SMILES string of the molecule is CCn1ccc(CNC(=O)c2ccn(COc3ccc(Cl)cc3)n2)n1. The quantitative estimate of drug-likeness (QED) is 0.704. The van der Waals surface area contributed by atoms with Crippen molar-refractivity contribution in [2.24, 2.45) is 0 Å². The zero-order chi connectivity index (χ0) is 17.6. The van der Waals surface area contributed by atoms with E-state index >= 15 is 0 Å². The van der Waals surface area contributed by atoms with Crippen LogP contribution in [0.3, 0.4) is 0 Å². The number of amides is 1. The van der Waals surface area contributed by atoms with Gasteiger partial charge in [0.05, 0.1) is 12.2 Å². The number of nitrogens with one attached hydrogen (secondary N) is 1. The second-order valence-electron chi connectivity index (χ2n) is 5.31. The van der Waals surface area contributed by atoms with Crippen molar-refractivity contribution in [3.8, 4) is 5.75 Å². The van der Waals surface area contributed by atoms with E-state index in [1.54, 1.807) is 41.2 Å². The fourth-order valence-corrected chi connectivity index (χ4v) is 2.29. The van der Waals surface area contributed by atoms with E-state index in [2.05, 4.69) is 15.5 Å². The Balaban J connectivity index is 1.51. The number of rotatable bonds is 7. The van der Waals surface area contributed by atoms with E-state index in [1.807, 2.05) is 23.9 Å². The zero-order valence-electron chi connectivity index (χ0n) is 13.7. The maximum atomic E-state index is 12.1. The number of hydrogen-bond donors (Lipinski definition) is 1. The molecule has 130 valence electrons. The van der Waals surface area contributed by atoms with Crippen LogP contribution in [-0.4, -0.2) is 25.5 Å². The lowest BCUT2D eigenvalue weighted by Gasteiger charge is -2.06. The van der Waals surface area contributed by atoms with Crippen LogP contribution in [0.1, 0.15) is 23.1 Å². The van der Waals surface area contributed by atoms with Crippen LogP contribution in [-0.2, 0) is 19.8 Å². The number of nitrogens with zero attached hydrogens (tertiary/aromatic N) is 4. The summed E-state index contributed by atoms with van der Waals surface area (Å²) in [6.45, 7) is 3.37. The van der Waals surface area contributed by atoms with Gasteiger partial charge in [-0.25, -0.2) is 4.68 Å². The van der Waals surface area contributed by atoms with Gasteiger partial charge in [0.15, 0.2) is 6.73 Å². The molecule has 1 amide bonds. The van der Waals surface area contributed by atoms with Gasteiger partial charge in [0.2, 0.25) is 0 Å². The third-order valence-corrected chi connectivity index (χ3v) is 3.75. The Kier molecular flexibility index (Phi) is 5.35. The van der Waals surface area contributed by atoms with Crippen molar-refractivity contribution in [3.63, 3.8) is 0 Å². The molecule has 1 aromatic carbocycles. The molecule has 0 saturated heterocycles. The highest BCUT2D eigenvalue weighted by Crippen LogP contribution is 2.15. The number of aryl methyl sites for hydroxylation is 1. The third-order valence-electron chi connectivity index (χ3n) is 3.50. The van der Waals surface area contributed by atoms with Crippen molar-refractivity contribution in [3.05, 3.63) is 65.2 Å². The van der Waals surface area contributed by atoms with Crippen molar-refractivity contribution in [1.82, 2.24) is 24.9 Å². The van der Waals surface area contributed by atoms with Crippen LogP contribution < -0.4 is 10.1 Å². The van der Waals surface area contributed by atoms with Gasteiger partial charge in [-0.2, -0.15) is 10.2 Å². The van der Waals surface area contributed by atoms with Crippen molar-refractivity contribution in [2.45, 2.75) is 26.7 Å². The number of benzene rings is 1. The van der Waals surface area contributed by atoms with E-state index in [1.165, 1.54) is 0 Å². The minimum atomic E-state index is -0.253. The second-order valence-corrected chi connectivity index (χ2v) is 5.75. The summed E-state index contributed by atoms with van der Waals surface area (Å²) >= 11 is 5.83. The first-order valence-corrected chi connectivity index (χ1v) is 8.24. The molecule has 0 aliphatic rings. The van der Waals surface area contributed by atoms with Gasteiger partial charge in [-0.3, -0.25) is 9.48 Å². The van der Waals surface area contributed by atoms with Crippen LogP contribution in [0, 0.1) is 0 Å². The first kappa shape index (κ1) is 17.0. The molecule has 3 aromatic rings. The number of hydrogen-bond acceptors (Lipinski definition) is 4. The number of carbonyl (C=O) groups excluding carboxylic acids is 1. The number of aromatic nitrogens is 4. The summed E-state index contributed by atoms with van der Waals surface area (Å²) in [4.78, 5) is 12.1. The van der Waals surface area contributed by atoms with E-state index in [9.17, 15) is 4.79 Å². The van der Waals surface area contributed by atoms with Gasteiger partial charge >= 0.3 is 0 Å². The molecule has 0 spiro atoms. The van der Waals surface area contributed by atoms with Crippen molar-refractivity contribution in [2.75, 3.05) is 0 Å². The maximum absolute atomic E-state index is 12.1. The topological polar surface area (TPSA) is 74.0 Å². The Morgan fingerprint density at radius 2 is 1.88 bits per heavy atom. The van der Waals surface area contributed by atoms with Gasteiger partial charge in [-0.1, -0.05) is 11.6 Å². The van der Waals surface area contributed by atoms with Crippen LogP contribution in [0.2, 0.25) is 5.02 Å². The van der Waals surface area contributed by atoms with Crippen molar-refractivity contribution in [1.29, 1.82) is 0 Å². The second kappa shape index (κ2) is 7.85. The molecule has 8 heteroatoms. The minimum Gasteiger partial charge on any atom is -0.471 e. The van der Waals surface area contributed by atoms with Gasteiger partial charge in [-0.05, 0) is 43.3 Å². The highest BCUT2D eigenvalue weighted by atomic mass is 35.5. The van der Waals surface area contributed by atoms with Crippen LogP contribution in [0.25, 0.3) is 0 Å². The van der Waals surface area contributed by atoms with Gasteiger partial charge in [0.1, 0.15) is 11.4 Å². The summed E-state index contributed by atoms with van der Waals surface area (Å²) < 4.78 is 8.94. The molecule has 0 atom stereocenters. The average molecular weight is 360 g/mol. The van der Waals surface area contributed by atoms with E-state index in [4.69, 9.17) is 16.3 Å². The van der Waals surface area contributed by atoms with Crippen molar-refractivity contribution >= 4 is 17.5 Å². The molecule has 1 N–H and O–H groups in total. The zero-order valence-corrected chi connectivity index (χ0v) is 14.5. The molecule has 2 heterocycles. The smallest absolute Gasteiger partial charge is 0.272 e. The fourth-order valence-electron chi connectivity index (χ4n) is 2.16. The standard InChI is InChI=1S/C17H18ClN5O2/c1-2-22-9-7-14(20-22)11-19-17(24)16-8-10-23(21-16)12-25-15-5-3-13(18)4-6-15/h3-10H,2,11-12H2,1H3,(H,19,24). The summed E-state index contributed by atoms with van der Waals surface area (Å²) in [7, 11) is 0. The molecule has 0 aliphatic carbocycles. The van der Waals surface area contributed by atoms with E-state index in [0.29, 0.717) is 23.0 Å². The fraction of sp³-hybridized carbons (Fsp3) is 0.235. The summed E-state index contributed by atoms with van der Waals surface area (Å²) in [6, 6.07) is 10.6. The Bertz CT molecular complexity index is 841. The molecular formula is C17H18ClN5O2. The van der Waals surface area contributed by atoms with Crippen LogP contribution in [0.5, 0.6) is 5.75 Å². The molecular weight excluding hydrogens is 342 g/mol. The van der Waals surface area contributed by atoms with E-state index in [0.717, 1.165) is 12.2 Å². The van der Waals surface area contributed by atoms with E-state index < -0.39 is 0 Å². The number of ether oxygens (including phenoxy) is 1. The van der Waals surface area contributed by atoms with Gasteiger partial charge in [0, 0.05) is 24.0 Å².